The molecule has 0 unspecified atom stereocenters. The van der Waals surface area contributed by atoms with Gasteiger partial charge in [-0.25, -0.2) is 19.4 Å². The van der Waals surface area contributed by atoms with Crippen molar-refractivity contribution in [3.05, 3.63) is 94.1 Å². The van der Waals surface area contributed by atoms with E-state index in [-0.39, 0.29) is 18.4 Å². The Bertz CT molecular complexity index is 1440. The molecule has 0 spiro atoms. The molecule has 0 saturated carbocycles. The molecule has 0 fully saturated rings. The molecule has 2 aromatic heterocycles. The van der Waals surface area contributed by atoms with Gasteiger partial charge in [-0.3, -0.25) is 4.79 Å². The zero-order valence-corrected chi connectivity index (χ0v) is 21.7. The van der Waals surface area contributed by atoms with Crippen molar-refractivity contribution < 1.29 is 9.59 Å². The number of hydrogen-bond acceptors (Lipinski definition) is 5. The van der Waals surface area contributed by atoms with Crippen molar-refractivity contribution in [1.29, 1.82) is 0 Å². The summed E-state index contributed by atoms with van der Waals surface area (Å²) >= 11 is 0. The number of aromatic nitrogens is 4. The summed E-state index contributed by atoms with van der Waals surface area (Å²) in [5.41, 5.74) is 7.46. The molecular weight excluding hydrogens is 466 g/mol. The van der Waals surface area contributed by atoms with Crippen molar-refractivity contribution in [2.24, 2.45) is 0 Å². The fraction of sp³-hybridized carbons (Fsp3) is 0.250. The minimum Gasteiger partial charge on any atom is -0.352 e. The number of amides is 3. The molecule has 0 atom stereocenters. The van der Waals surface area contributed by atoms with E-state index in [0.29, 0.717) is 18.2 Å². The fourth-order valence-electron chi connectivity index (χ4n) is 4.13. The first kappa shape index (κ1) is 25.6. The first-order valence-corrected chi connectivity index (χ1v) is 12.1. The molecule has 0 aliphatic heterocycles. The van der Waals surface area contributed by atoms with Gasteiger partial charge in [0.15, 0.2) is 0 Å². The van der Waals surface area contributed by atoms with Crippen LogP contribution in [0.25, 0.3) is 5.95 Å². The number of benzene rings is 2. The minimum absolute atomic E-state index is 0.123. The van der Waals surface area contributed by atoms with Gasteiger partial charge in [-0.1, -0.05) is 24.3 Å². The van der Waals surface area contributed by atoms with Crippen LogP contribution in [0, 0.1) is 34.6 Å². The van der Waals surface area contributed by atoms with Crippen LogP contribution in [-0.2, 0) is 17.8 Å². The highest BCUT2D eigenvalue weighted by molar-refractivity contribution is 5.99. The van der Waals surface area contributed by atoms with Crippen molar-refractivity contribution >= 4 is 23.3 Å². The van der Waals surface area contributed by atoms with Crippen molar-refractivity contribution in [2.45, 2.75) is 47.6 Å². The zero-order chi connectivity index (χ0) is 26.5. The smallest absolute Gasteiger partial charge is 0.323 e. The van der Waals surface area contributed by atoms with Gasteiger partial charge in [0.2, 0.25) is 5.91 Å². The monoisotopic (exact) mass is 497 g/mol. The summed E-state index contributed by atoms with van der Waals surface area (Å²) in [6.45, 7) is 9.93. The molecule has 37 heavy (non-hydrogen) atoms. The Morgan fingerprint density at radius 1 is 0.838 bits per heavy atom. The van der Waals surface area contributed by atoms with Gasteiger partial charge in [0.1, 0.15) is 0 Å². The molecule has 2 aromatic carbocycles. The lowest BCUT2D eigenvalue weighted by atomic mass is 10.1. The van der Waals surface area contributed by atoms with Gasteiger partial charge in [0.05, 0.1) is 12.1 Å². The van der Waals surface area contributed by atoms with Gasteiger partial charge in [-0.15, -0.1) is 0 Å². The number of carbonyl (C=O) groups is 2. The molecule has 0 radical (unpaired) electrons. The molecule has 3 amide bonds. The minimum atomic E-state index is -0.331. The van der Waals surface area contributed by atoms with Crippen LogP contribution in [-0.4, -0.2) is 31.7 Å². The molecule has 0 saturated heterocycles. The standard InChI is InChI=1S/C28H31N7O2/c1-17-8-6-10-23(12-17)32-28(37)33-24-11-7-9-22(14-24)16-29-26(36)15-25-20(4)34-35(21(25)5)27-30-18(2)13-19(3)31-27/h6-14H,15-16H2,1-5H3,(H,29,36)(H2,32,33,37). The fourth-order valence-corrected chi connectivity index (χ4v) is 4.13. The quantitative estimate of drug-likeness (QED) is 0.342. The van der Waals surface area contributed by atoms with E-state index in [4.69, 9.17) is 0 Å². The van der Waals surface area contributed by atoms with Crippen LogP contribution in [0.1, 0.15) is 39.5 Å². The van der Waals surface area contributed by atoms with Crippen molar-refractivity contribution in [1.82, 2.24) is 25.1 Å². The summed E-state index contributed by atoms with van der Waals surface area (Å²) in [7, 11) is 0. The molecule has 9 heteroatoms. The normalized spacial score (nSPS) is 10.7. The second-order valence-corrected chi connectivity index (χ2v) is 9.11. The van der Waals surface area contributed by atoms with Crippen molar-refractivity contribution in [3.8, 4) is 5.95 Å². The third kappa shape index (κ3) is 6.58. The first-order chi connectivity index (χ1) is 17.7. The third-order valence-corrected chi connectivity index (χ3v) is 5.89. The van der Waals surface area contributed by atoms with Crippen LogP contribution < -0.4 is 16.0 Å². The predicted molar refractivity (Wildman–Crippen MR) is 144 cm³/mol. The third-order valence-electron chi connectivity index (χ3n) is 5.89. The summed E-state index contributed by atoms with van der Waals surface area (Å²) < 4.78 is 1.69. The number of hydrogen-bond donors (Lipinski definition) is 3. The SMILES string of the molecule is Cc1cccc(NC(=O)Nc2cccc(CNC(=O)Cc3c(C)nn(-c4nc(C)cc(C)n4)c3C)c2)c1. The van der Waals surface area contributed by atoms with E-state index in [2.05, 4.69) is 31.0 Å². The van der Waals surface area contributed by atoms with E-state index in [9.17, 15) is 9.59 Å². The van der Waals surface area contributed by atoms with Crippen molar-refractivity contribution in [2.75, 3.05) is 10.6 Å². The Kier molecular flexibility index (Phi) is 7.62. The largest absolute Gasteiger partial charge is 0.352 e. The molecular formula is C28H31N7O2. The highest BCUT2D eigenvalue weighted by Crippen LogP contribution is 2.18. The van der Waals surface area contributed by atoms with Gasteiger partial charge in [-0.05, 0) is 76.1 Å². The average molecular weight is 498 g/mol. The van der Waals surface area contributed by atoms with E-state index in [0.717, 1.165) is 45.2 Å². The number of rotatable bonds is 7. The first-order valence-electron chi connectivity index (χ1n) is 12.1. The van der Waals surface area contributed by atoms with Gasteiger partial charge < -0.3 is 16.0 Å². The number of anilines is 2. The summed E-state index contributed by atoms with van der Waals surface area (Å²) in [6.07, 6.45) is 0.194. The van der Waals surface area contributed by atoms with E-state index in [1.165, 1.54) is 0 Å². The molecule has 0 bridgehead atoms. The van der Waals surface area contributed by atoms with Gasteiger partial charge in [-0.2, -0.15) is 5.10 Å². The zero-order valence-electron chi connectivity index (χ0n) is 21.7. The van der Waals surface area contributed by atoms with Gasteiger partial charge in [0.25, 0.3) is 5.95 Å². The average Bonchev–Trinajstić information content (AvgIpc) is 3.11. The highest BCUT2D eigenvalue weighted by Gasteiger charge is 2.17. The predicted octanol–water partition coefficient (Wildman–Crippen LogP) is 4.71. The lowest BCUT2D eigenvalue weighted by Gasteiger charge is -2.10. The summed E-state index contributed by atoms with van der Waals surface area (Å²) in [5.74, 6) is 0.378. The molecule has 0 aliphatic carbocycles. The number of nitrogens with one attached hydrogen (secondary N) is 3. The molecule has 190 valence electrons. The van der Waals surface area contributed by atoms with E-state index in [1.807, 2.05) is 83.1 Å². The van der Waals surface area contributed by atoms with E-state index >= 15 is 0 Å². The summed E-state index contributed by atoms with van der Waals surface area (Å²) in [6, 6.07) is 16.5. The van der Waals surface area contributed by atoms with Crippen LogP contribution >= 0.6 is 0 Å². The maximum atomic E-state index is 12.8. The summed E-state index contributed by atoms with van der Waals surface area (Å²) in [5, 5.41) is 13.2. The van der Waals surface area contributed by atoms with E-state index < -0.39 is 0 Å². The second-order valence-electron chi connectivity index (χ2n) is 9.11. The summed E-state index contributed by atoms with van der Waals surface area (Å²) in [4.78, 5) is 34.1. The van der Waals surface area contributed by atoms with Gasteiger partial charge in [0, 0.05) is 40.6 Å². The van der Waals surface area contributed by atoms with E-state index in [1.54, 1.807) is 10.7 Å². The molecule has 3 N–H and O–H groups in total. The molecule has 4 aromatic rings. The van der Waals surface area contributed by atoms with Crippen molar-refractivity contribution in [3.63, 3.8) is 0 Å². The Hall–Kier alpha value is -4.53. The lowest BCUT2D eigenvalue weighted by molar-refractivity contribution is -0.120. The molecule has 2 heterocycles. The maximum absolute atomic E-state index is 12.8. The molecule has 0 aliphatic rings. The lowest BCUT2D eigenvalue weighted by Crippen LogP contribution is -2.25. The van der Waals surface area contributed by atoms with Crippen LogP contribution in [0.3, 0.4) is 0 Å². The molecule has 9 nitrogen and oxygen atoms in total. The topological polar surface area (TPSA) is 114 Å². The highest BCUT2D eigenvalue weighted by atomic mass is 16.2. The van der Waals surface area contributed by atoms with Gasteiger partial charge >= 0.3 is 6.03 Å². The maximum Gasteiger partial charge on any atom is 0.323 e. The second kappa shape index (κ2) is 11.0. The Morgan fingerprint density at radius 2 is 1.49 bits per heavy atom. The number of nitrogens with zero attached hydrogens (tertiary/aromatic N) is 4. The Morgan fingerprint density at radius 3 is 2.16 bits per heavy atom. The van der Waals surface area contributed by atoms with Crippen LogP contribution in [0.15, 0.2) is 54.6 Å². The van der Waals surface area contributed by atoms with Crippen LogP contribution in [0.4, 0.5) is 16.2 Å². The molecule has 4 rings (SSSR count). The number of urea groups is 1. The van der Waals surface area contributed by atoms with Crippen LogP contribution in [0.2, 0.25) is 0 Å². The number of aryl methyl sites for hydroxylation is 4. The number of carbonyl (C=O) groups excluding carboxylic acids is 2. The Labute approximate surface area is 216 Å². The Balaban J connectivity index is 1.36. The van der Waals surface area contributed by atoms with Crippen LogP contribution in [0.5, 0.6) is 0 Å².